The number of hydrogen-bond donors (Lipinski definition) is 2. The second-order valence-electron chi connectivity index (χ2n) is 7.12. The number of carbonyl (C=O) groups is 1. The third-order valence-electron chi connectivity index (χ3n) is 5.12. The maximum atomic E-state index is 12.9. The van der Waals surface area contributed by atoms with Crippen LogP contribution in [0.2, 0.25) is 5.02 Å². The van der Waals surface area contributed by atoms with Gasteiger partial charge in [0.2, 0.25) is 0 Å². The summed E-state index contributed by atoms with van der Waals surface area (Å²) in [6.45, 7) is 0. The minimum Gasteiger partial charge on any atom is -0.480 e. The van der Waals surface area contributed by atoms with Gasteiger partial charge in [-0.1, -0.05) is 35.9 Å². The van der Waals surface area contributed by atoms with Crippen LogP contribution in [0, 0.1) is 10.1 Å². The molecule has 2 aromatic carbocycles. The van der Waals surface area contributed by atoms with Crippen molar-refractivity contribution in [3.63, 3.8) is 0 Å². The van der Waals surface area contributed by atoms with E-state index in [0.717, 1.165) is 16.9 Å². The molecule has 2 atom stereocenters. The van der Waals surface area contributed by atoms with Gasteiger partial charge in [0.15, 0.2) is 0 Å². The SMILES string of the molecule is O=C(O)[C@]1(NS(=O)(=O)c2ccc(-c3ccc(Cl)cc3)s2)C[C@H]1c1cccc([N+](=O)[O-])c1. The van der Waals surface area contributed by atoms with Gasteiger partial charge >= 0.3 is 5.97 Å². The van der Waals surface area contributed by atoms with E-state index in [1.54, 1.807) is 36.4 Å². The van der Waals surface area contributed by atoms with Crippen molar-refractivity contribution in [2.45, 2.75) is 22.1 Å². The molecule has 1 heterocycles. The Morgan fingerprint density at radius 2 is 1.90 bits per heavy atom. The van der Waals surface area contributed by atoms with Crippen LogP contribution in [0.1, 0.15) is 17.9 Å². The van der Waals surface area contributed by atoms with E-state index in [1.165, 1.54) is 24.3 Å². The Morgan fingerprint density at radius 3 is 2.55 bits per heavy atom. The zero-order valence-corrected chi connectivity index (χ0v) is 18.1. The average Bonchev–Trinajstić information content (AvgIpc) is 3.22. The zero-order valence-electron chi connectivity index (χ0n) is 15.7. The molecule has 160 valence electrons. The van der Waals surface area contributed by atoms with Crippen LogP contribution in [-0.2, 0) is 14.8 Å². The van der Waals surface area contributed by atoms with Crippen LogP contribution >= 0.6 is 22.9 Å². The molecule has 0 unspecified atom stereocenters. The van der Waals surface area contributed by atoms with Crippen molar-refractivity contribution < 1.29 is 23.2 Å². The number of carboxylic acids is 1. The Morgan fingerprint density at radius 1 is 1.19 bits per heavy atom. The highest BCUT2D eigenvalue weighted by molar-refractivity contribution is 7.91. The summed E-state index contributed by atoms with van der Waals surface area (Å²) in [4.78, 5) is 23.1. The highest BCUT2D eigenvalue weighted by Gasteiger charge is 2.63. The van der Waals surface area contributed by atoms with E-state index in [4.69, 9.17) is 11.6 Å². The number of sulfonamides is 1. The van der Waals surface area contributed by atoms with Gasteiger partial charge < -0.3 is 5.11 Å². The molecular formula is C20H15ClN2O6S2. The van der Waals surface area contributed by atoms with Crippen molar-refractivity contribution in [2.75, 3.05) is 0 Å². The molecule has 31 heavy (non-hydrogen) atoms. The topological polar surface area (TPSA) is 127 Å². The van der Waals surface area contributed by atoms with Crippen molar-refractivity contribution in [2.24, 2.45) is 0 Å². The van der Waals surface area contributed by atoms with Crippen LogP contribution in [0.3, 0.4) is 0 Å². The number of benzene rings is 2. The van der Waals surface area contributed by atoms with Gasteiger partial charge in [-0.3, -0.25) is 14.9 Å². The lowest BCUT2D eigenvalue weighted by molar-refractivity contribution is -0.384. The molecule has 1 saturated carbocycles. The van der Waals surface area contributed by atoms with Crippen LogP contribution in [0.5, 0.6) is 0 Å². The highest BCUT2D eigenvalue weighted by Crippen LogP contribution is 2.53. The van der Waals surface area contributed by atoms with Gasteiger partial charge in [-0.25, -0.2) is 8.42 Å². The normalized spacial score (nSPS) is 20.4. The van der Waals surface area contributed by atoms with Gasteiger partial charge in [0, 0.05) is 28.0 Å². The molecule has 4 rings (SSSR count). The lowest BCUT2D eigenvalue weighted by Gasteiger charge is -2.14. The Kier molecular flexibility index (Phi) is 5.34. The largest absolute Gasteiger partial charge is 0.480 e. The maximum absolute atomic E-state index is 12.9. The smallest absolute Gasteiger partial charge is 0.325 e. The van der Waals surface area contributed by atoms with Crippen molar-refractivity contribution in [3.8, 4) is 10.4 Å². The van der Waals surface area contributed by atoms with Crippen LogP contribution in [0.4, 0.5) is 5.69 Å². The number of rotatable bonds is 7. The van der Waals surface area contributed by atoms with E-state index in [2.05, 4.69) is 4.72 Å². The molecule has 0 saturated heterocycles. The number of carboxylic acid groups (broad SMARTS) is 1. The second kappa shape index (κ2) is 7.72. The molecule has 0 radical (unpaired) electrons. The number of non-ortho nitro benzene ring substituents is 1. The summed E-state index contributed by atoms with van der Waals surface area (Å²) >= 11 is 6.89. The predicted molar refractivity (Wildman–Crippen MR) is 116 cm³/mol. The molecule has 1 aliphatic rings. The molecule has 8 nitrogen and oxygen atoms in total. The number of aliphatic carboxylic acids is 1. The fourth-order valence-corrected chi connectivity index (χ4v) is 6.28. The third kappa shape index (κ3) is 4.07. The van der Waals surface area contributed by atoms with Crippen molar-refractivity contribution in [1.82, 2.24) is 4.72 Å². The first kappa shape index (κ1) is 21.4. The molecule has 11 heteroatoms. The maximum Gasteiger partial charge on any atom is 0.325 e. The number of nitrogens with one attached hydrogen (secondary N) is 1. The second-order valence-corrected chi connectivity index (χ2v) is 10.5. The monoisotopic (exact) mass is 478 g/mol. The molecular weight excluding hydrogens is 464 g/mol. The summed E-state index contributed by atoms with van der Waals surface area (Å²) in [5.41, 5.74) is -0.757. The summed E-state index contributed by atoms with van der Waals surface area (Å²) in [7, 11) is -4.14. The molecule has 0 aliphatic heterocycles. The van der Waals surface area contributed by atoms with Crippen LogP contribution in [-0.4, -0.2) is 30.0 Å². The lowest BCUT2D eigenvalue weighted by Crippen LogP contribution is -2.44. The van der Waals surface area contributed by atoms with E-state index < -0.39 is 32.4 Å². The van der Waals surface area contributed by atoms with E-state index in [1.807, 2.05) is 0 Å². The quantitative estimate of drug-likeness (QED) is 0.385. The molecule has 0 spiro atoms. The first-order valence-corrected chi connectivity index (χ1v) is 11.7. The van der Waals surface area contributed by atoms with Crippen LogP contribution < -0.4 is 4.72 Å². The van der Waals surface area contributed by atoms with E-state index >= 15 is 0 Å². The standard InChI is InChI=1S/C20H15ClN2O6S2/c21-14-6-4-12(5-7-14)17-8-9-18(30-17)31(28,29)22-20(19(24)25)11-16(20)13-2-1-3-15(10-13)23(26)27/h1-10,16,22H,11H2,(H,24,25)/t16-,20-/m0/s1. The number of thiophene rings is 1. The molecule has 0 amide bonds. The summed E-state index contributed by atoms with van der Waals surface area (Å²) in [6, 6.07) is 15.5. The Bertz CT molecular complexity index is 1290. The van der Waals surface area contributed by atoms with Gasteiger partial charge in [-0.15, -0.1) is 11.3 Å². The predicted octanol–water partition coefficient (Wildman–Crippen LogP) is 4.27. The fraction of sp³-hybridized carbons (Fsp3) is 0.150. The van der Waals surface area contributed by atoms with Crippen LogP contribution in [0.25, 0.3) is 10.4 Å². The van der Waals surface area contributed by atoms with Crippen molar-refractivity contribution in [3.05, 3.63) is 81.4 Å². The minimum atomic E-state index is -4.14. The Labute approximate surface area is 186 Å². The Balaban J connectivity index is 1.61. The van der Waals surface area contributed by atoms with Gasteiger partial charge in [0.25, 0.3) is 15.7 Å². The Hall–Kier alpha value is -2.79. The number of hydrogen-bond acceptors (Lipinski definition) is 6. The number of nitro benzene ring substituents is 1. The van der Waals surface area contributed by atoms with Gasteiger partial charge in [-0.2, -0.15) is 4.72 Å². The van der Waals surface area contributed by atoms with E-state index in [0.29, 0.717) is 15.5 Å². The number of nitro groups is 1. The number of halogens is 1. The molecule has 1 aromatic heterocycles. The summed E-state index contributed by atoms with van der Waals surface area (Å²) in [5.74, 6) is -2.04. The average molecular weight is 479 g/mol. The molecule has 1 fully saturated rings. The highest BCUT2D eigenvalue weighted by atomic mass is 35.5. The zero-order chi connectivity index (χ0) is 22.4. The summed E-state index contributed by atoms with van der Waals surface area (Å²) < 4.78 is 28.2. The fourth-order valence-electron chi connectivity index (χ4n) is 3.44. The van der Waals surface area contributed by atoms with Crippen molar-refractivity contribution >= 4 is 44.6 Å². The van der Waals surface area contributed by atoms with Crippen molar-refractivity contribution in [1.29, 1.82) is 0 Å². The first-order valence-electron chi connectivity index (χ1n) is 9.00. The minimum absolute atomic E-state index is 0.00184. The summed E-state index contributed by atoms with van der Waals surface area (Å²) in [5, 5.41) is 21.3. The summed E-state index contributed by atoms with van der Waals surface area (Å²) in [6.07, 6.45) is -0.00184. The molecule has 0 bridgehead atoms. The molecule has 1 aliphatic carbocycles. The lowest BCUT2D eigenvalue weighted by atomic mass is 10.1. The van der Waals surface area contributed by atoms with E-state index in [-0.39, 0.29) is 16.3 Å². The third-order valence-corrected chi connectivity index (χ3v) is 8.51. The van der Waals surface area contributed by atoms with Gasteiger partial charge in [0.05, 0.1) is 4.92 Å². The molecule has 2 N–H and O–H groups in total. The van der Waals surface area contributed by atoms with Gasteiger partial charge in [-0.05, 0) is 41.8 Å². The number of nitrogens with zero attached hydrogens (tertiary/aromatic N) is 1. The molecule has 3 aromatic rings. The first-order chi connectivity index (χ1) is 14.6. The van der Waals surface area contributed by atoms with Crippen LogP contribution in [0.15, 0.2) is 64.9 Å². The van der Waals surface area contributed by atoms with E-state index in [9.17, 15) is 28.4 Å². The van der Waals surface area contributed by atoms with Gasteiger partial charge in [0.1, 0.15) is 9.75 Å².